The lowest BCUT2D eigenvalue weighted by Gasteiger charge is -2.20. The van der Waals surface area contributed by atoms with Gasteiger partial charge in [-0.25, -0.2) is 9.98 Å². The van der Waals surface area contributed by atoms with Crippen LogP contribution in [0.2, 0.25) is 0 Å². The first-order valence-corrected chi connectivity index (χ1v) is 9.00. The quantitative estimate of drug-likeness (QED) is 0.649. The van der Waals surface area contributed by atoms with E-state index in [0.29, 0.717) is 19.0 Å². The summed E-state index contributed by atoms with van der Waals surface area (Å²) in [5, 5.41) is 3.39. The fourth-order valence-corrected chi connectivity index (χ4v) is 2.92. The smallest absolute Gasteiger partial charge is 0.218 e. The molecule has 0 bridgehead atoms. The summed E-state index contributed by atoms with van der Waals surface area (Å²) < 4.78 is 5.93. The van der Waals surface area contributed by atoms with Crippen molar-refractivity contribution >= 4 is 5.96 Å². The van der Waals surface area contributed by atoms with E-state index < -0.39 is 0 Å². The second kappa shape index (κ2) is 9.06. The number of hydrogen-bond acceptors (Lipinski definition) is 3. The summed E-state index contributed by atoms with van der Waals surface area (Å²) in [6.45, 7) is 6.22. The van der Waals surface area contributed by atoms with E-state index in [1.807, 2.05) is 30.3 Å². The lowest BCUT2D eigenvalue weighted by molar-refractivity contribution is 0.290. The summed E-state index contributed by atoms with van der Waals surface area (Å²) in [4.78, 5) is 11.5. The predicted molar refractivity (Wildman–Crippen MR) is 101 cm³/mol. The van der Waals surface area contributed by atoms with Crippen molar-refractivity contribution in [2.45, 2.75) is 32.9 Å². The zero-order valence-corrected chi connectivity index (χ0v) is 14.8. The number of nitrogens with zero attached hydrogens (tertiary/aromatic N) is 3. The first-order valence-electron chi connectivity index (χ1n) is 9.00. The second-order valence-corrected chi connectivity index (χ2v) is 6.11. The Morgan fingerprint density at radius 1 is 1.16 bits per heavy atom. The SMILES string of the molecule is CCNC(=NCc1cccnc1OCc1ccccc1)N1CCCC1. The van der Waals surface area contributed by atoms with Gasteiger partial charge in [0.2, 0.25) is 5.88 Å². The van der Waals surface area contributed by atoms with Crippen LogP contribution in [-0.4, -0.2) is 35.5 Å². The summed E-state index contributed by atoms with van der Waals surface area (Å²) >= 11 is 0. The zero-order chi connectivity index (χ0) is 17.3. The maximum absolute atomic E-state index is 5.93. The number of ether oxygens (including phenoxy) is 1. The third-order valence-electron chi connectivity index (χ3n) is 4.21. The Bertz CT molecular complexity index is 681. The molecule has 0 unspecified atom stereocenters. The average molecular weight is 338 g/mol. The van der Waals surface area contributed by atoms with E-state index in [-0.39, 0.29) is 0 Å². The topological polar surface area (TPSA) is 49.8 Å². The maximum atomic E-state index is 5.93. The van der Waals surface area contributed by atoms with Gasteiger partial charge in [0.05, 0.1) is 6.54 Å². The summed E-state index contributed by atoms with van der Waals surface area (Å²) in [5.41, 5.74) is 2.14. The minimum absolute atomic E-state index is 0.515. The van der Waals surface area contributed by atoms with Crippen molar-refractivity contribution in [1.29, 1.82) is 0 Å². The van der Waals surface area contributed by atoms with Gasteiger partial charge in [-0.05, 0) is 31.4 Å². The third kappa shape index (κ3) is 4.95. The Morgan fingerprint density at radius 2 is 1.96 bits per heavy atom. The highest BCUT2D eigenvalue weighted by Crippen LogP contribution is 2.18. The van der Waals surface area contributed by atoms with Crippen LogP contribution in [0, 0.1) is 0 Å². The van der Waals surface area contributed by atoms with Crippen molar-refractivity contribution in [3.05, 3.63) is 59.8 Å². The Kier molecular flexibility index (Phi) is 6.26. The van der Waals surface area contributed by atoms with Gasteiger partial charge in [-0.1, -0.05) is 36.4 Å². The van der Waals surface area contributed by atoms with Crippen LogP contribution in [-0.2, 0) is 13.2 Å². The average Bonchev–Trinajstić information content (AvgIpc) is 3.19. The fourth-order valence-electron chi connectivity index (χ4n) is 2.92. The van der Waals surface area contributed by atoms with Crippen molar-refractivity contribution in [3.8, 4) is 5.88 Å². The van der Waals surface area contributed by atoms with Gasteiger partial charge in [0.1, 0.15) is 6.61 Å². The molecule has 1 saturated heterocycles. The van der Waals surface area contributed by atoms with Gasteiger partial charge in [-0.3, -0.25) is 0 Å². The Balaban J connectivity index is 1.68. The number of likely N-dealkylation sites (tertiary alicyclic amines) is 1. The highest BCUT2D eigenvalue weighted by Gasteiger charge is 2.15. The molecule has 1 aliphatic heterocycles. The van der Waals surface area contributed by atoms with Crippen LogP contribution in [0.4, 0.5) is 0 Å². The molecule has 1 fully saturated rings. The van der Waals surface area contributed by atoms with Gasteiger partial charge >= 0.3 is 0 Å². The number of nitrogens with one attached hydrogen (secondary N) is 1. The van der Waals surface area contributed by atoms with Crippen LogP contribution >= 0.6 is 0 Å². The van der Waals surface area contributed by atoms with Crippen molar-refractivity contribution < 1.29 is 4.74 Å². The summed E-state index contributed by atoms with van der Waals surface area (Å²) in [6.07, 6.45) is 4.24. The molecule has 0 aliphatic carbocycles. The molecule has 1 aromatic carbocycles. The molecule has 5 heteroatoms. The van der Waals surface area contributed by atoms with Crippen LogP contribution in [0.15, 0.2) is 53.7 Å². The van der Waals surface area contributed by atoms with Crippen LogP contribution in [0.3, 0.4) is 0 Å². The van der Waals surface area contributed by atoms with E-state index in [1.54, 1.807) is 6.20 Å². The van der Waals surface area contributed by atoms with Crippen LogP contribution in [0.25, 0.3) is 0 Å². The molecule has 25 heavy (non-hydrogen) atoms. The minimum atomic E-state index is 0.515. The van der Waals surface area contributed by atoms with Crippen molar-refractivity contribution in [3.63, 3.8) is 0 Å². The highest BCUT2D eigenvalue weighted by molar-refractivity contribution is 5.80. The van der Waals surface area contributed by atoms with Gasteiger partial charge in [-0.2, -0.15) is 0 Å². The first-order chi connectivity index (χ1) is 12.4. The third-order valence-corrected chi connectivity index (χ3v) is 4.21. The van der Waals surface area contributed by atoms with Gasteiger partial charge in [0.25, 0.3) is 0 Å². The molecular weight excluding hydrogens is 312 g/mol. The summed E-state index contributed by atoms with van der Waals surface area (Å²) in [7, 11) is 0. The summed E-state index contributed by atoms with van der Waals surface area (Å²) in [5.74, 6) is 1.64. The summed E-state index contributed by atoms with van der Waals surface area (Å²) in [6, 6.07) is 14.1. The Hall–Kier alpha value is -2.56. The number of guanidine groups is 1. The van der Waals surface area contributed by atoms with E-state index >= 15 is 0 Å². The van der Waals surface area contributed by atoms with Gasteiger partial charge in [0.15, 0.2) is 5.96 Å². The lowest BCUT2D eigenvalue weighted by Crippen LogP contribution is -2.39. The van der Waals surface area contributed by atoms with E-state index in [1.165, 1.54) is 12.8 Å². The molecule has 1 aliphatic rings. The number of aromatic nitrogens is 1. The number of hydrogen-bond donors (Lipinski definition) is 1. The maximum Gasteiger partial charge on any atom is 0.218 e. The predicted octanol–water partition coefficient (Wildman–Crippen LogP) is 3.22. The minimum Gasteiger partial charge on any atom is -0.473 e. The number of aliphatic imine (C=N–C) groups is 1. The molecule has 0 spiro atoms. The van der Waals surface area contributed by atoms with Crippen molar-refractivity contribution in [2.24, 2.45) is 4.99 Å². The monoisotopic (exact) mass is 338 g/mol. The number of rotatable bonds is 6. The molecular formula is C20H26N4O. The number of pyridine rings is 1. The van der Waals surface area contributed by atoms with Gasteiger partial charge in [0, 0.05) is 31.4 Å². The standard InChI is InChI=1S/C20H26N4O/c1-2-21-20(24-13-6-7-14-24)23-15-18-11-8-12-22-19(18)25-16-17-9-4-3-5-10-17/h3-5,8-12H,2,6-7,13-16H2,1H3,(H,21,23). The molecule has 0 saturated carbocycles. The molecule has 2 heterocycles. The van der Waals surface area contributed by atoms with Crippen molar-refractivity contribution in [1.82, 2.24) is 15.2 Å². The number of benzene rings is 1. The second-order valence-electron chi connectivity index (χ2n) is 6.11. The van der Waals surface area contributed by atoms with E-state index in [2.05, 4.69) is 34.3 Å². The molecule has 0 radical (unpaired) electrons. The normalized spacial score (nSPS) is 14.6. The van der Waals surface area contributed by atoms with Gasteiger partial charge < -0.3 is 15.0 Å². The highest BCUT2D eigenvalue weighted by atomic mass is 16.5. The van der Waals surface area contributed by atoms with Crippen molar-refractivity contribution in [2.75, 3.05) is 19.6 Å². The molecule has 5 nitrogen and oxygen atoms in total. The van der Waals surface area contributed by atoms with Crippen LogP contribution in [0.1, 0.15) is 30.9 Å². The molecule has 3 rings (SSSR count). The zero-order valence-electron chi connectivity index (χ0n) is 14.8. The van der Waals surface area contributed by atoms with E-state index in [9.17, 15) is 0 Å². The van der Waals surface area contributed by atoms with Crippen LogP contribution < -0.4 is 10.1 Å². The molecule has 0 amide bonds. The van der Waals surface area contributed by atoms with Crippen LogP contribution in [0.5, 0.6) is 5.88 Å². The molecule has 1 aromatic heterocycles. The Labute approximate surface area is 149 Å². The van der Waals surface area contributed by atoms with Gasteiger partial charge in [-0.15, -0.1) is 0 Å². The lowest BCUT2D eigenvalue weighted by atomic mass is 10.2. The van der Waals surface area contributed by atoms with E-state index in [4.69, 9.17) is 9.73 Å². The van der Waals surface area contributed by atoms with E-state index in [0.717, 1.165) is 36.7 Å². The first kappa shape index (κ1) is 17.3. The molecule has 132 valence electrons. The fraction of sp³-hybridized carbons (Fsp3) is 0.400. The molecule has 1 N–H and O–H groups in total. The molecule has 0 atom stereocenters. The molecule has 2 aromatic rings. The largest absolute Gasteiger partial charge is 0.473 e. The Morgan fingerprint density at radius 3 is 2.72 bits per heavy atom.